The van der Waals surface area contributed by atoms with E-state index in [1.54, 1.807) is 23.1 Å². The highest BCUT2D eigenvalue weighted by Gasteiger charge is 2.30. The molecular weight excluding hydrogens is 395 g/mol. The Balaban J connectivity index is 1.57. The van der Waals surface area contributed by atoms with Crippen LogP contribution in [0, 0.1) is 5.82 Å². The monoisotopic (exact) mass is 418 g/mol. The van der Waals surface area contributed by atoms with E-state index in [0.29, 0.717) is 30.6 Å². The number of ketones is 1. The summed E-state index contributed by atoms with van der Waals surface area (Å²) in [6, 6.07) is 12.2. The van der Waals surface area contributed by atoms with E-state index in [1.165, 1.54) is 41.6 Å². The Bertz CT molecular complexity index is 998. The summed E-state index contributed by atoms with van der Waals surface area (Å²) >= 11 is 0. The normalized spacial score (nSPS) is 15.3. The third-order valence-corrected chi connectivity index (χ3v) is 6.97. The fourth-order valence-corrected chi connectivity index (χ4v) is 4.71. The molecule has 0 unspecified atom stereocenters. The van der Waals surface area contributed by atoms with Gasteiger partial charge in [0.05, 0.1) is 4.90 Å². The van der Waals surface area contributed by atoms with Gasteiger partial charge in [-0.1, -0.05) is 30.3 Å². The molecule has 1 heterocycles. The van der Waals surface area contributed by atoms with Crippen LogP contribution < -0.4 is 0 Å². The average Bonchev–Trinajstić information content (AvgIpc) is 2.73. The van der Waals surface area contributed by atoms with Crippen molar-refractivity contribution in [3.8, 4) is 0 Å². The first-order chi connectivity index (χ1) is 13.8. The van der Waals surface area contributed by atoms with E-state index >= 15 is 0 Å². The lowest BCUT2D eigenvalue weighted by Crippen LogP contribution is -2.50. The zero-order valence-corrected chi connectivity index (χ0v) is 17.0. The number of rotatable bonds is 6. The summed E-state index contributed by atoms with van der Waals surface area (Å²) in [5.74, 6) is -0.570. The summed E-state index contributed by atoms with van der Waals surface area (Å²) in [5, 5.41) is 0. The Morgan fingerprint density at radius 1 is 0.966 bits per heavy atom. The molecule has 0 radical (unpaired) electrons. The van der Waals surface area contributed by atoms with Crippen molar-refractivity contribution in [1.29, 1.82) is 0 Å². The fourth-order valence-electron chi connectivity index (χ4n) is 3.29. The second-order valence-electron chi connectivity index (χ2n) is 6.96. The van der Waals surface area contributed by atoms with Crippen LogP contribution in [0.5, 0.6) is 0 Å². The van der Waals surface area contributed by atoms with Gasteiger partial charge >= 0.3 is 0 Å². The van der Waals surface area contributed by atoms with Crippen LogP contribution in [0.4, 0.5) is 4.39 Å². The molecule has 0 bridgehead atoms. The number of nitrogens with zero attached hydrogens (tertiary/aromatic N) is 2. The van der Waals surface area contributed by atoms with Crippen LogP contribution in [-0.2, 0) is 21.2 Å². The maximum absolute atomic E-state index is 13.7. The molecule has 1 amide bonds. The number of halogens is 1. The molecule has 2 aromatic carbocycles. The summed E-state index contributed by atoms with van der Waals surface area (Å²) in [4.78, 5) is 25.5. The van der Waals surface area contributed by atoms with Crippen molar-refractivity contribution in [2.45, 2.75) is 24.7 Å². The highest BCUT2D eigenvalue weighted by atomic mass is 32.2. The van der Waals surface area contributed by atoms with E-state index in [9.17, 15) is 22.4 Å². The maximum atomic E-state index is 13.7. The van der Waals surface area contributed by atoms with Crippen molar-refractivity contribution in [1.82, 2.24) is 9.21 Å². The van der Waals surface area contributed by atoms with Gasteiger partial charge in [0, 0.05) is 38.2 Å². The molecule has 3 rings (SSSR count). The number of Topliss-reactive ketones (excluding diaryl/α,β-unsaturated/α-hetero) is 1. The molecule has 0 atom stereocenters. The van der Waals surface area contributed by atoms with Gasteiger partial charge in [0.2, 0.25) is 15.9 Å². The zero-order chi connectivity index (χ0) is 21.0. The van der Waals surface area contributed by atoms with Crippen molar-refractivity contribution in [2.75, 3.05) is 26.2 Å². The van der Waals surface area contributed by atoms with Gasteiger partial charge in [-0.05, 0) is 37.1 Å². The lowest BCUT2D eigenvalue weighted by Gasteiger charge is -2.34. The lowest BCUT2D eigenvalue weighted by atomic mass is 10.1. The van der Waals surface area contributed by atoms with Crippen molar-refractivity contribution < 1.29 is 22.4 Å². The minimum atomic E-state index is -3.68. The largest absolute Gasteiger partial charge is 0.340 e. The SMILES string of the molecule is CC(=O)c1ccc(S(=O)(=O)N2CCN(C(=O)CCc3ccccc3F)CC2)cc1. The van der Waals surface area contributed by atoms with E-state index in [4.69, 9.17) is 0 Å². The highest BCUT2D eigenvalue weighted by Crippen LogP contribution is 2.19. The van der Waals surface area contributed by atoms with Crippen LogP contribution in [0.15, 0.2) is 53.4 Å². The minimum Gasteiger partial charge on any atom is -0.340 e. The van der Waals surface area contributed by atoms with Gasteiger partial charge < -0.3 is 4.90 Å². The van der Waals surface area contributed by atoms with Crippen molar-refractivity contribution in [3.63, 3.8) is 0 Å². The first-order valence-corrected chi connectivity index (χ1v) is 10.9. The van der Waals surface area contributed by atoms with Crippen molar-refractivity contribution >= 4 is 21.7 Å². The predicted octanol–water partition coefficient (Wildman–Crippen LogP) is 2.49. The molecule has 1 saturated heterocycles. The summed E-state index contributed by atoms with van der Waals surface area (Å²) in [6.45, 7) is 2.40. The number of carbonyl (C=O) groups is 2. The van der Waals surface area contributed by atoms with Crippen LogP contribution in [0.2, 0.25) is 0 Å². The molecule has 0 saturated carbocycles. The number of carbonyl (C=O) groups excluding carboxylic acids is 2. The first kappa shape index (κ1) is 21.1. The van der Waals surface area contributed by atoms with Gasteiger partial charge in [-0.25, -0.2) is 12.8 Å². The number of amides is 1. The van der Waals surface area contributed by atoms with E-state index in [2.05, 4.69) is 0 Å². The second-order valence-corrected chi connectivity index (χ2v) is 8.89. The molecular formula is C21H23FN2O4S. The number of hydrogen-bond acceptors (Lipinski definition) is 4. The zero-order valence-electron chi connectivity index (χ0n) is 16.2. The molecule has 6 nitrogen and oxygen atoms in total. The van der Waals surface area contributed by atoms with E-state index < -0.39 is 10.0 Å². The third-order valence-electron chi connectivity index (χ3n) is 5.06. The number of piperazine rings is 1. The van der Waals surface area contributed by atoms with Crippen molar-refractivity contribution in [3.05, 3.63) is 65.5 Å². The maximum Gasteiger partial charge on any atom is 0.243 e. The third kappa shape index (κ3) is 4.89. The quantitative estimate of drug-likeness (QED) is 0.676. The summed E-state index contributed by atoms with van der Waals surface area (Å²) in [7, 11) is -3.68. The van der Waals surface area contributed by atoms with Crippen LogP contribution in [-0.4, -0.2) is 55.5 Å². The van der Waals surface area contributed by atoms with Crippen LogP contribution in [0.3, 0.4) is 0 Å². The molecule has 29 heavy (non-hydrogen) atoms. The number of sulfonamides is 1. The molecule has 1 aliphatic heterocycles. The summed E-state index contributed by atoms with van der Waals surface area (Å²) < 4.78 is 40.6. The van der Waals surface area contributed by atoms with Gasteiger partial charge in [0.1, 0.15) is 5.82 Å². The molecule has 0 N–H and O–H groups in total. The lowest BCUT2D eigenvalue weighted by molar-refractivity contribution is -0.132. The van der Waals surface area contributed by atoms with Gasteiger partial charge in [-0.3, -0.25) is 9.59 Å². The molecule has 0 spiro atoms. The first-order valence-electron chi connectivity index (χ1n) is 9.41. The van der Waals surface area contributed by atoms with Crippen LogP contribution >= 0.6 is 0 Å². The molecule has 8 heteroatoms. The number of benzene rings is 2. The smallest absolute Gasteiger partial charge is 0.243 e. The molecule has 154 valence electrons. The predicted molar refractivity (Wildman–Crippen MR) is 107 cm³/mol. The Kier molecular flexibility index (Phi) is 6.44. The Labute approximate surface area is 170 Å². The molecule has 0 aliphatic carbocycles. The van der Waals surface area contributed by atoms with Crippen LogP contribution in [0.25, 0.3) is 0 Å². The second kappa shape index (κ2) is 8.84. The Hall–Kier alpha value is -2.58. The van der Waals surface area contributed by atoms with Gasteiger partial charge in [-0.2, -0.15) is 4.31 Å². The highest BCUT2D eigenvalue weighted by molar-refractivity contribution is 7.89. The van der Waals surface area contributed by atoms with Gasteiger partial charge in [0.15, 0.2) is 5.78 Å². The molecule has 1 fully saturated rings. The van der Waals surface area contributed by atoms with Gasteiger partial charge in [0.25, 0.3) is 0 Å². The summed E-state index contributed by atoms with van der Waals surface area (Å²) in [5.41, 5.74) is 0.949. The summed E-state index contributed by atoms with van der Waals surface area (Å²) in [6.07, 6.45) is 0.493. The van der Waals surface area contributed by atoms with E-state index in [-0.39, 0.29) is 41.9 Å². The molecule has 1 aliphatic rings. The fraction of sp³-hybridized carbons (Fsp3) is 0.333. The van der Waals surface area contributed by atoms with E-state index in [1.807, 2.05) is 0 Å². The Morgan fingerprint density at radius 2 is 1.59 bits per heavy atom. The molecule has 2 aromatic rings. The molecule has 0 aromatic heterocycles. The topological polar surface area (TPSA) is 74.8 Å². The standard InChI is InChI=1S/C21H23FN2O4S/c1-16(25)17-6-9-19(10-7-17)29(27,28)24-14-12-23(13-15-24)21(26)11-8-18-4-2-3-5-20(18)22/h2-7,9-10H,8,11-15H2,1H3. The average molecular weight is 418 g/mol. The van der Waals surface area contributed by atoms with Crippen LogP contribution in [0.1, 0.15) is 29.3 Å². The number of aryl methyl sites for hydroxylation is 1. The minimum absolute atomic E-state index is 0.115. The van der Waals surface area contributed by atoms with Gasteiger partial charge in [-0.15, -0.1) is 0 Å². The Morgan fingerprint density at radius 3 is 2.17 bits per heavy atom. The van der Waals surface area contributed by atoms with Crippen molar-refractivity contribution in [2.24, 2.45) is 0 Å². The van der Waals surface area contributed by atoms with E-state index in [0.717, 1.165) is 0 Å². The number of hydrogen-bond donors (Lipinski definition) is 0.